The minimum Gasteiger partial charge on any atom is -0.491 e. The van der Waals surface area contributed by atoms with Crippen LogP contribution >= 0.6 is 11.6 Å². The fourth-order valence-corrected chi connectivity index (χ4v) is 1.80. The molecular formula is C14H13ClN2O3. The highest BCUT2D eigenvalue weighted by Crippen LogP contribution is 2.24. The van der Waals surface area contributed by atoms with Crippen LogP contribution in [-0.4, -0.2) is 27.5 Å². The van der Waals surface area contributed by atoms with E-state index in [9.17, 15) is 4.79 Å². The predicted octanol–water partition coefficient (Wildman–Crippen LogP) is 2.71. The van der Waals surface area contributed by atoms with Crippen molar-refractivity contribution in [1.82, 2.24) is 9.78 Å². The molecular weight excluding hydrogens is 280 g/mol. The first-order valence-electron chi connectivity index (χ1n) is 5.96. The monoisotopic (exact) mass is 292 g/mol. The van der Waals surface area contributed by atoms with Crippen LogP contribution in [0, 0.1) is 0 Å². The van der Waals surface area contributed by atoms with Crippen LogP contribution in [0.3, 0.4) is 0 Å². The Morgan fingerprint density at radius 3 is 3.05 bits per heavy atom. The van der Waals surface area contributed by atoms with E-state index in [0.29, 0.717) is 29.5 Å². The maximum Gasteiger partial charge on any atom is 0.328 e. The molecule has 1 aromatic heterocycles. The standard InChI is InChI=1S/C14H13ClN2O3/c15-12-3-4-13(11(10-12)2-5-14(18)19)20-9-8-17-7-1-6-16-17/h1-7,10H,8-9H2,(H,18,19). The number of aliphatic carboxylic acids is 1. The highest BCUT2D eigenvalue weighted by atomic mass is 35.5. The average molecular weight is 293 g/mol. The van der Waals surface area contributed by atoms with Crippen LogP contribution in [0.4, 0.5) is 0 Å². The number of benzene rings is 1. The molecule has 5 nitrogen and oxygen atoms in total. The molecule has 2 rings (SSSR count). The SMILES string of the molecule is O=C(O)C=Cc1cc(Cl)ccc1OCCn1cccn1. The predicted molar refractivity (Wildman–Crippen MR) is 75.8 cm³/mol. The summed E-state index contributed by atoms with van der Waals surface area (Å²) in [5.74, 6) is -0.438. The Bertz CT molecular complexity index is 609. The first-order valence-corrected chi connectivity index (χ1v) is 6.34. The summed E-state index contributed by atoms with van der Waals surface area (Å²) in [6.07, 6.45) is 6.04. The second-order valence-electron chi connectivity index (χ2n) is 3.97. The number of aromatic nitrogens is 2. The molecule has 0 aliphatic rings. The van der Waals surface area contributed by atoms with Gasteiger partial charge in [-0.3, -0.25) is 4.68 Å². The van der Waals surface area contributed by atoms with E-state index in [0.717, 1.165) is 6.08 Å². The third kappa shape index (κ3) is 4.13. The number of carbonyl (C=O) groups is 1. The molecule has 1 aromatic carbocycles. The highest BCUT2D eigenvalue weighted by Gasteiger charge is 2.03. The van der Waals surface area contributed by atoms with Crippen molar-refractivity contribution < 1.29 is 14.6 Å². The molecule has 0 amide bonds. The van der Waals surface area contributed by atoms with Crippen molar-refractivity contribution in [3.8, 4) is 5.75 Å². The summed E-state index contributed by atoms with van der Waals surface area (Å²) >= 11 is 5.90. The lowest BCUT2D eigenvalue weighted by molar-refractivity contribution is -0.131. The minimum absolute atomic E-state index is 0.428. The van der Waals surface area contributed by atoms with Crippen LogP contribution in [-0.2, 0) is 11.3 Å². The van der Waals surface area contributed by atoms with E-state index in [1.807, 2.05) is 12.3 Å². The van der Waals surface area contributed by atoms with Gasteiger partial charge in [-0.15, -0.1) is 0 Å². The molecule has 1 N–H and O–H groups in total. The molecule has 0 saturated carbocycles. The lowest BCUT2D eigenvalue weighted by atomic mass is 10.2. The van der Waals surface area contributed by atoms with Gasteiger partial charge in [-0.25, -0.2) is 4.79 Å². The molecule has 0 radical (unpaired) electrons. The molecule has 1 heterocycles. The zero-order valence-corrected chi connectivity index (χ0v) is 11.3. The lowest BCUT2D eigenvalue weighted by Gasteiger charge is -2.09. The molecule has 6 heteroatoms. The average Bonchev–Trinajstić information content (AvgIpc) is 2.91. The topological polar surface area (TPSA) is 64.3 Å². The Morgan fingerprint density at radius 1 is 1.50 bits per heavy atom. The van der Waals surface area contributed by atoms with Crippen molar-refractivity contribution in [1.29, 1.82) is 0 Å². The van der Waals surface area contributed by atoms with Crippen molar-refractivity contribution >= 4 is 23.6 Å². The Kier molecular flexibility index (Phi) is 4.79. The van der Waals surface area contributed by atoms with Gasteiger partial charge in [0.25, 0.3) is 0 Å². The normalized spacial score (nSPS) is 10.8. The van der Waals surface area contributed by atoms with Gasteiger partial charge in [0.2, 0.25) is 0 Å². The van der Waals surface area contributed by atoms with Gasteiger partial charge in [-0.05, 0) is 30.3 Å². The maximum absolute atomic E-state index is 10.6. The van der Waals surface area contributed by atoms with E-state index >= 15 is 0 Å². The molecule has 0 aliphatic heterocycles. The first kappa shape index (κ1) is 14.1. The van der Waals surface area contributed by atoms with Crippen molar-refractivity contribution in [2.45, 2.75) is 6.54 Å². The van der Waals surface area contributed by atoms with E-state index in [1.165, 1.54) is 6.08 Å². The molecule has 0 bridgehead atoms. The molecule has 20 heavy (non-hydrogen) atoms. The van der Waals surface area contributed by atoms with Gasteiger partial charge in [0.1, 0.15) is 12.4 Å². The fraction of sp³-hybridized carbons (Fsp3) is 0.143. The van der Waals surface area contributed by atoms with Crippen molar-refractivity contribution in [2.24, 2.45) is 0 Å². The number of carboxylic acid groups (broad SMARTS) is 1. The molecule has 0 spiro atoms. The summed E-state index contributed by atoms with van der Waals surface area (Å²) in [5.41, 5.74) is 0.625. The quantitative estimate of drug-likeness (QED) is 0.832. The Hall–Kier alpha value is -2.27. The Morgan fingerprint density at radius 2 is 2.35 bits per heavy atom. The van der Waals surface area contributed by atoms with Gasteiger partial charge in [0.15, 0.2) is 0 Å². The summed E-state index contributed by atoms with van der Waals surface area (Å²) < 4.78 is 7.39. The van der Waals surface area contributed by atoms with Crippen molar-refractivity contribution in [2.75, 3.05) is 6.61 Å². The number of carboxylic acids is 1. The third-order valence-electron chi connectivity index (χ3n) is 2.51. The molecule has 0 aliphatic carbocycles. The molecule has 104 valence electrons. The van der Waals surface area contributed by atoms with Gasteiger partial charge in [-0.2, -0.15) is 5.10 Å². The van der Waals surface area contributed by atoms with Crippen LogP contribution < -0.4 is 4.74 Å². The summed E-state index contributed by atoms with van der Waals surface area (Å²) in [7, 11) is 0. The molecule has 0 unspecified atom stereocenters. The molecule has 0 fully saturated rings. The smallest absolute Gasteiger partial charge is 0.328 e. The van der Waals surface area contributed by atoms with Crippen molar-refractivity contribution in [3.63, 3.8) is 0 Å². The largest absolute Gasteiger partial charge is 0.491 e. The Balaban J connectivity index is 2.04. The summed E-state index contributed by atoms with van der Waals surface area (Å²) in [4.78, 5) is 10.6. The maximum atomic E-state index is 10.6. The van der Waals surface area contributed by atoms with E-state index in [4.69, 9.17) is 21.4 Å². The van der Waals surface area contributed by atoms with Gasteiger partial charge >= 0.3 is 5.97 Å². The van der Waals surface area contributed by atoms with E-state index in [2.05, 4.69) is 5.10 Å². The fourth-order valence-electron chi connectivity index (χ4n) is 1.62. The van der Waals surface area contributed by atoms with Crippen LogP contribution in [0.5, 0.6) is 5.75 Å². The Labute approximate surface area is 121 Å². The second kappa shape index (κ2) is 6.77. The number of nitrogens with zero attached hydrogens (tertiary/aromatic N) is 2. The van der Waals surface area contributed by atoms with Crippen LogP contribution in [0.15, 0.2) is 42.7 Å². The number of halogens is 1. The van der Waals surface area contributed by atoms with E-state index in [1.54, 1.807) is 29.1 Å². The van der Waals surface area contributed by atoms with Crippen LogP contribution in [0.25, 0.3) is 6.08 Å². The van der Waals surface area contributed by atoms with E-state index < -0.39 is 5.97 Å². The highest BCUT2D eigenvalue weighted by molar-refractivity contribution is 6.30. The van der Waals surface area contributed by atoms with Crippen LogP contribution in [0.1, 0.15) is 5.56 Å². The van der Waals surface area contributed by atoms with Gasteiger partial charge in [0, 0.05) is 29.1 Å². The molecule has 0 atom stereocenters. The van der Waals surface area contributed by atoms with Crippen LogP contribution in [0.2, 0.25) is 5.02 Å². The van der Waals surface area contributed by atoms with Gasteiger partial charge < -0.3 is 9.84 Å². The summed E-state index contributed by atoms with van der Waals surface area (Å²) in [6, 6.07) is 6.91. The van der Waals surface area contributed by atoms with Gasteiger partial charge in [-0.1, -0.05) is 11.6 Å². The second-order valence-corrected chi connectivity index (χ2v) is 4.41. The van der Waals surface area contributed by atoms with Crippen molar-refractivity contribution in [3.05, 3.63) is 53.3 Å². The zero-order valence-electron chi connectivity index (χ0n) is 10.6. The molecule has 0 saturated heterocycles. The number of ether oxygens (including phenoxy) is 1. The lowest BCUT2D eigenvalue weighted by Crippen LogP contribution is -2.08. The first-order chi connectivity index (χ1) is 9.65. The summed E-state index contributed by atoms with van der Waals surface area (Å²) in [6.45, 7) is 1.04. The number of rotatable bonds is 6. The van der Waals surface area contributed by atoms with E-state index in [-0.39, 0.29) is 0 Å². The number of hydrogen-bond donors (Lipinski definition) is 1. The molecule has 2 aromatic rings. The number of hydrogen-bond acceptors (Lipinski definition) is 3. The van der Waals surface area contributed by atoms with Gasteiger partial charge in [0.05, 0.1) is 6.54 Å². The minimum atomic E-state index is -1.02. The summed E-state index contributed by atoms with van der Waals surface area (Å²) in [5, 5.41) is 13.3. The third-order valence-corrected chi connectivity index (χ3v) is 2.75. The zero-order chi connectivity index (χ0) is 14.4.